The lowest BCUT2D eigenvalue weighted by atomic mass is 10.2. The SMILES string of the molecule is COCC(CCl)Nc1nc2ccccc2nc1C. The minimum absolute atomic E-state index is 0.0332. The fraction of sp³-hybridized carbons (Fsp3) is 0.385. The van der Waals surface area contributed by atoms with Crippen LogP contribution < -0.4 is 5.32 Å². The molecule has 0 saturated heterocycles. The van der Waals surface area contributed by atoms with Crippen LogP contribution in [0.3, 0.4) is 0 Å². The number of fused-ring (bicyclic) bond motifs is 1. The summed E-state index contributed by atoms with van der Waals surface area (Å²) < 4.78 is 5.10. The Kier molecular flexibility index (Phi) is 4.33. The maximum absolute atomic E-state index is 5.88. The summed E-state index contributed by atoms with van der Waals surface area (Å²) in [5.41, 5.74) is 2.63. The highest BCUT2D eigenvalue weighted by atomic mass is 35.5. The zero-order valence-electron chi connectivity index (χ0n) is 10.5. The zero-order chi connectivity index (χ0) is 13.0. The Balaban J connectivity index is 2.29. The molecule has 0 aliphatic heterocycles. The molecule has 2 aromatic rings. The first-order valence-corrected chi connectivity index (χ1v) is 6.33. The van der Waals surface area contributed by atoms with Crippen molar-refractivity contribution in [3.05, 3.63) is 30.0 Å². The van der Waals surface area contributed by atoms with Crippen molar-refractivity contribution in [2.45, 2.75) is 13.0 Å². The molecule has 1 aromatic carbocycles. The number of anilines is 1. The smallest absolute Gasteiger partial charge is 0.148 e. The number of nitrogens with one attached hydrogen (secondary N) is 1. The molecule has 2 rings (SSSR count). The highest BCUT2D eigenvalue weighted by Crippen LogP contribution is 2.16. The molecule has 0 amide bonds. The highest BCUT2D eigenvalue weighted by Gasteiger charge is 2.11. The van der Waals surface area contributed by atoms with Gasteiger partial charge in [-0.2, -0.15) is 0 Å². The van der Waals surface area contributed by atoms with Crippen LogP contribution in [0.15, 0.2) is 24.3 Å². The van der Waals surface area contributed by atoms with Crippen molar-refractivity contribution >= 4 is 28.5 Å². The molecule has 5 heteroatoms. The van der Waals surface area contributed by atoms with Crippen molar-refractivity contribution in [2.75, 3.05) is 24.9 Å². The molecule has 96 valence electrons. The maximum atomic E-state index is 5.88. The van der Waals surface area contributed by atoms with E-state index in [0.717, 1.165) is 22.5 Å². The van der Waals surface area contributed by atoms with E-state index in [1.165, 1.54) is 0 Å². The summed E-state index contributed by atoms with van der Waals surface area (Å²) in [6, 6.07) is 7.83. The quantitative estimate of drug-likeness (QED) is 0.845. The van der Waals surface area contributed by atoms with Crippen LogP contribution in [-0.4, -0.2) is 35.6 Å². The molecule has 1 heterocycles. The summed E-state index contributed by atoms with van der Waals surface area (Å²) >= 11 is 5.88. The van der Waals surface area contributed by atoms with E-state index in [9.17, 15) is 0 Å². The third-order valence-electron chi connectivity index (χ3n) is 2.64. The summed E-state index contributed by atoms with van der Waals surface area (Å²) in [5, 5.41) is 3.26. The number of alkyl halides is 1. The van der Waals surface area contributed by atoms with Gasteiger partial charge in [-0.1, -0.05) is 12.1 Å². The lowest BCUT2D eigenvalue weighted by Gasteiger charge is -2.17. The predicted octanol–water partition coefficient (Wildman–Crippen LogP) is 2.60. The third kappa shape index (κ3) is 2.89. The van der Waals surface area contributed by atoms with E-state index in [1.807, 2.05) is 31.2 Å². The molecule has 1 N–H and O–H groups in total. The lowest BCUT2D eigenvalue weighted by molar-refractivity contribution is 0.191. The van der Waals surface area contributed by atoms with Gasteiger partial charge in [-0.3, -0.25) is 0 Å². The molecule has 0 fully saturated rings. The third-order valence-corrected chi connectivity index (χ3v) is 3.01. The van der Waals surface area contributed by atoms with Gasteiger partial charge >= 0.3 is 0 Å². The van der Waals surface area contributed by atoms with Crippen LogP contribution in [0.4, 0.5) is 5.82 Å². The topological polar surface area (TPSA) is 47.0 Å². The molecule has 18 heavy (non-hydrogen) atoms. The highest BCUT2D eigenvalue weighted by molar-refractivity contribution is 6.18. The van der Waals surface area contributed by atoms with E-state index < -0.39 is 0 Å². The monoisotopic (exact) mass is 265 g/mol. The molecule has 0 aliphatic carbocycles. The van der Waals surface area contributed by atoms with Gasteiger partial charge in [0, 0.05) is 13.0 Å². The fourth-order valence-electron chi connectivity index (χ4n) is 1.74. The van der Waals surface area contributed by atoms with E-state index in [0.29, 0.717) is 12.5 Å². The molecule has 0 radical (unpaired) electrons. The predicted molar refractivity (Wildman–Crippen MR) is 74.3 cm³/mol. The Hall–Kier alpha value is -1.39. The number of nitrogens with zero attached hydrogens (tertiary/aromatic N) is 2. The maximum Gasteiger partial charge on any atom is 0.148 e. The van der Waals surface area contributed by atoms with Crippen molar-refractivity contribution in [3.8, 4) is 0 Å². The van der Waals surface area contributed by atoms with Crippen LogP contribution in [0.5, 0.6) is 0 Å². The summed E-state index contributed by atoms with van der Waals surface area (Å²) in [4.78, 5) is 9.07. The van der Waals surface area contributed by atoms with Crippen LogP contribution in [0, 0.1) is 6.92 Å². The van der Waals surface area contributed by atoms with Crippen molar-refractivity contribution < 1.29 is 4.74 Å². The van der Waals surface area contributed by atoms with Gasteiger partial charge < -0.3 is 10.1 Å². The zero-order valence-corrected chi connectivity index (χ0v) is 11.2. The molecule has 0 bridgehead atoms. The number of benzene rings is 1. The minimum Gasteiger partial charge on any atom is -0.383 e. The van der Waals surface area contributed by atoms with E-state index in [4.69, 9.17) is 16.3 Å². The van der Waals surface area contributed by atoms with Crippen molar-refractivity contribution in [3.63, 3.8) is 0 Å². The van der Waals surface area contributed by atoms with Crippen LogP contribution in [0.2, 0.25) is 0 Å². The molecule has 0 aliphatic rings. The average molecular weight is 266 g/mol. The Morgan fingerprint density at radius 3 is 2.56 bits per heavy atom. The molecule has 0 saturated carbocycles. The molecule has 4 nitrogen and oxygen atoms in total. The lowest BCUT2D eigenvalue weighted by Crippen LogP contribution is -2.27. The van der Waals surface area contributed by atoms with Crippen LogP contribution >= 0.6 is 11.6 Å². The summed E-state index contributed by atoms with van der Waals surface area (Å²) in [7, 11) is 1.65. The second-order valence-corrected chi connectivity index (χ2v) is 4.41. The molecular formula is C13H16ClN3O. The van der Waals surface area contributed by atoms with Gasteiger partial charge in [-0.25, -0.2) is 9.97 Å². The first-order valence-electron chi connectivity index (χ1n) is 5.79. The number of methoxy groups -OCH3 is 1. The van der Waals surface area contributed by atoms with E-state index in [2.05, 4.69) is 15.3 Å². The van der Waals surface area contributed by atoms with Gasteiger partial charge in [-0.15, -0.1) is 11.6 Å². The number of aryl methyl sites for hydroxylation is 1. The van der Waals surface area contributed by atoms with E-state index >= 15 is 0 Å². The first-order chi connectivity index (χ1) is 8.74. The number of hydrogen-bond donors (Lipinski definition) is 1. The number of rotatable bonds is 5. The van der Waals surface area contributed by atoms with E-state index in [-0.39, 0.29) is 6.04 Å². The van der Waals surface area contributed by atoms with Crippen molar-refractivity contribution in [2.24, 2.45) is 0 Å². The number of halogens is 1. The number of para-hydroxylation sites is 2. The minimum atomic E-state index is 0.0332. The van der Waals surface area contributed by atoms with Gasteiger partial charge in [0.15, 0.2) is 0 Å². The van der Waals surface area contributed by atoms with Crippen molar-refractivity contribution in [1.29, 1.82) is 0 Å². The Morgan fingerprint density at radius 2 is 1.94 bits per heavy atom. The number of ether oxygens (including phenoxy) is 1. The second-order valence-electron chi connectivity index (χ2n) is 4.10. The van der Waals surface area contributed by atoms with Crippen LogP contribution in [0.25, 0.3) is 11.0 Å². The fourth-order valence-corrected chi connectivity index (χ4v) is 1.91. The van der Waals surface area contributed by atoms with Crippen LogP contribution in [0.1, 0.15) is 5.69 Å². The second kappa shape index (κ2) is 5.98. The van der Waals surface area contributed by atoms with E-state index in [1.54, 1.807) is 7.11 Å². The largest absolute Gasteiger partial charge is 0.383 e. The van der Waals surface area contributed by atoms with Gasteiger partial charge in [0.05, 0.1) is 29.4 Å². The van der Waals surface area contributed by atoms with Crippen molar-refractivity contribution in [1.82, 2.24) is 9.97 Å². The summed E-state index contributed by atoms with van der Waals surface area (Å²) in [5.74, 6) is 1.22. The Labute approximate surface area is 111 Å². The normalized spacial score (nSPS) is 12.6. The van der Waals surface area contributed by atoms with Gasteiger partial charge in [0.1, 0.15) is 5.82 Å². The molecule has 1 atom stereocenters. The van der Waals surface area contributed by atoms with Gasteiger partial charge in [-0.05, 0) is 19.1 Å². The number of aromatic nitrogens is 2. The Morgan fingerprint density at radius 1 is 1.28 bits per heavy atom. The molecule has 1 unspecified atom stereocenters. The average Bonchev–Trinajstić information content (AvgIpc) is 2.39. The molecule has 0 spiro atoms. The van der Waals surface area contributed by atoms with Gasteiger partial charge in [0.2, 0.25) is 0 Å². The summed E-state index contributed by atoms with van der Waals surface area (Å²) in [6.07, 6.45) is 0. The molecule has 1 aromatic heterocycles. The van der Waals surface area contributed by atoms with Gasteiger partial charge in [0.25, 0.3) is 0 Å². The van der Waals surface area contributed by atoms with Crippen LogP contribution in [-0.2, 0) is 4.74 Å². The molecular weight excluding hydrogens is 250 g/mol. The number of hydrogen-bond acceptors (Lipinski definition) is 4. The summed E-state index contributed by atoms with van der Waals surface area (Å²) in [6.45, 7) is 2.47. The Bertz CT molecular complexity index is 533. The standard InChI is InChI=1S/C13H16ClN3O/c1-9-13(16-10(7-14)8-18-2)17-12-6-4-3-5-11(12)15-9/h3-6,10H,7-8H2,1-2H3,(H,16,17). The first kappa shape index (κ1) is 13.1.